The first-order valence-electron chi connectivity index (χ1n) is 22.4. The molecule has 0 fully saturated rings. The molecule has 2 N–H and O–H groups in total. The molecule has 0 bridgehead atoms. The standard InChI is InChI=1S/C53H57O9P4.Mo/c1-24-9-12-32(17-27(24)4)49-29(6)19-37-26(3)11-15-36(52(37)57-49)44-30(7)51(33-13-10-25(2)28(5)18-33)58-53-46(44)38(54)23-39(55)47(53)45-31(8)50(34-14-16-40(60-64)41(20-34)61-65)56-42-21-35(59-63)22-43(62-66)48(42)45;/h9-14,16-18,20-23,29-31,44-45,49-51,54-55H,19,63-66H2,1-8H3;. The van der Waals surface area contributed by atoms with Gasteiger partial charge in [0.25, 0.3) is 0 Å². The summed E-state index contributed by atoms with van der Waals surface area (Å²) in [7, 11) is 9.23. The van der Waals surface area contributed by atoms with E-state index in [-0.39, 0.29) is 35.4 Å². The van der Waals surface area contributed by atoms with Crippen molar-refractivity contribution >= 4 is 41.8 Å². The van der Waals surface area contributed by atoms with E-state index in [1.807, 2.05) is 44.1 Å². The Kier molecular flexibility index (Phi) is 13.6. The summed E-state index contributed by atoms with van der Waals surface area (Å²) in [5.41, 5.74) is 12.9. The van der Waals surface area contributed by atoms with E-state index in [1.54, 1.807) is 6.07 Å². The van der Waals surface area contributed by atoms with Gasteiger partial charge in [-0.25, -0.2) is 0 Å². The Balaban J connectivity index is 1.32. The van der Waals surface area contributed by atoms with Gasteiger partial charge in [0.1, 0.15) is 0 Å². The van der Waals surface area contributed by atoms with E-state index in [1.165, 1.54) is 33.9 Å². The molecule has 0 radical (unpaired) electrons. The predicted molar refractivity (Wildman–Crippen MR) is 272 cm³/mol. The molecule has 67 heavy (non-hydrogen) atoms. The zero-order valence-corrected chi connectivity index (χ0v) is 45.4. The van der Waals surface area contributed by atoms with E-state index in [4.69, 9.17) is 32.3 Å². The molecule has 3 aliphatic rings. The van der Waals surface area contributed by atoms with Crippen molar-refractivity contribution < 1.29 is 62.3 Å². The minimum atomic E-state index is -0.607. The van der Waals surface area contributed by atoms with Crippen LogP contribution in [0.15, 0.2) is 78.9 Å². The molecule has 0 saturated heterocycles. The summed E-state index contributed by atoms with van der Waals surface area (Å²) in [5.74, 6) is 2.21. The fourth-order valence-electron chi connectivity index (χ4n) is 10.8. The van der Waals surface area contributed by atoms with Crippen LogP contribution in [-0.2, 0) is 26.2 Å². The number of ether oxygens (including phenoxy) is 3. The Morgan fingerprint density at radius 3 is 1.63 bits per heavy atom. The third kappa shape index (κ3) is 8.38. The minimum absolute atomic E-state index is 0.0579. The number of fused-ring (bicyclic) bond motifs is 3. The molecule has 3 aliphatic heterocycles. The summed E-state index contributed by atoms with van der Waals surface area (Å²) in [5, 5.41) is 25.1. The molecule has 6 aromatic carbocycles. The van der Waals surface area contributed by atoms with Crippen LogP contribution in [0.3, 0.4) is 0 Å². The molecule has 3 heterocycles. The third-order valence-electron chi connectivity index (χ3n) is 14.6. The van der Waals surface area contributed by atoms with Crippen LogP contribution in [0.25, 0.3) is 0 Å². The molecular formula is C53H57MoO9P4. The Labute approximate surface area is 414 Å². The van der Waals surface area contributed by atoms with E-state index in [0.717, 1.165) is 43.9 Å². The second kappa shape index (κ2) is 19.0. The van der Waals surface area contributed by atoms with Crippen molar-refractivity contribution in [3.63, 3.8) is 0 Å². The van der Waals surface area contributed by atoms with E-state index in [9.17, 15) is 10.2 Å². The number of aryl methyl sites for hydroxylation is 5. The first-order valence-corrected chi connectivity index (χ1v) is 25.3. The number of benzene rings is 6. The van der Waals surface area contributed by atoms with Gasteiger partial charge in [-0.1, -0.05) is 0 Å². The van der Waals surface area contributed by atoms with E-state index >= 15 is 0 Å². The van der Waals surface area contributed by atoms with Gasteiger partial charge in [0, 0.05) is 0 Å². The normalized spacial score (nSPS) is 22.8. The monoisotopic (exact) mass is 1060 g/mol. The Morgan fingerprint density at radius 1 is 0.507 bits per heavy atom. The van der Waals surface area contributed by atoms with Crippen LogP contribution >= 0.6 is 37.9 Å². The fraction of sp³-hybridized carbons (Fsp3) is 0.321. The molecular weight excluding hydrogens is 1000 g/mol. The van der Waals surface area contributed by atoms with Gasteiger partial charge in [0.05, 0.1) is 28.4 Å². The average molecular weight is 1060 g/mol. The fourth-order valence-corrected chi connectivity index (χ4v) is 12.5. The van der Waals surface area contributed by atoms with Crippen molar-refractivity contribution in [2.45, 2.75) is 92.0 Å². The van der Waals surface area contributed by atoms with Crippen molar-refractivity contribution in [3.8, 4) is 51.7 Å². The van der Waals surface area contributed by atoms with E-state index in [2.05, 4.69) is 136 Å². The molecule has 349 valence electrons. The van der Waals surface area contributed by atoms with Gasteiger partial charge in [-0.3, -0.25) is 0 Å². The van der Waals surface area contributed by atoms with Crippen LogP contribution in [0.1, 0.15) is 123 Å². The number of aromatic hydroxyl groups is 2. The predicted octanol–water partition coefficient (Wildman–Crippen LogP) is 12.6. The Bertz CT molecular complexity index is 2930. The molecule has 9 rings (SSSR count). The summed E-state index contributed by atoms with van der Waals surface area (Å²) in [6.45, 7) is 17.3. The van der Waals surface area contributed by atoms with Gasteiger partial charge in [-0.05, 0) is 0 Å². The second-order valence-corrected chi connectivity index (χ2v) is 20.7. The summed E-state index contributed by atoms with van der Waals surface area (Å²) < 4.78 is 45.8. The van der Waals surface area contributed by atoms with Crippen LogP contribution in [0.5, 0.6) is 51.7 Å². The van der Waals surface area contributed by atoms with Gasteiger partial charge in [-0.2, -0.15) is 0 Å². The molecule has 12 atom stereocenters. The van der Waals surface area contributed by atoms with E-state index in [0.29, 0.717) is 51.2 Å². The maximum absolute atomic E-state index is 12.6. The summed E-state index contributed by atoms with van der Waals surface area (Å²) in [4.78, 5) is 0. The molecule has 0 saturated carbocycles. The number of rotatable bonds is 9. The first-order chi connectivity index (χ1) is 32.1. The molecule has 6 aromatic rings. The van der Waals surface area contributed by atoms with Crippen molar-refractivity contribution in [2.24, 2.45) is 17.8 Å². The van der Waals surface area contributed by atoms with E-state index < -0.39 is 24.0 Å². The van der Waals surface area contributed by atoms with Gasteiger partial charge in [0.15, 0.2) is 5.75 Å². The van der Waals surface area contributed by atoms with Crippen LogP contribution < -0.4 is 36.3 Å². The number of hydrogen-bond acceptors (Lipinski definition) is 9. The topological polar surface area (TPSA) is 105 Å². The third-order valence-corrected chi connectivity index (χ3v) is 16.4. The Hall–Kier alpha value is -4.07. The maximum atomic E-state index is 12.6. The first kappa shape index (κ1) is 48.0. The quantitative estimate of drug-likeness (QED) is 0.108. The number of phenolic OH excluding ortho intramolecular Hbond substituents is 2. The van der Waals surface area contributed by atoms with Gasteiger partial charge in [0.2, 0.25) is 0 Å². The van der Waals surface area contributed by atoms with Crippen LogP contribution in [0, 0.1) is 52.4 Å². The van der Waals surface area contributed by atoms with Gasteiger partial charge in [-0.15, -0.1) is 0 Å². The van der Waals surface area contributed by atoms with Crippen LogP contribution in [0.2, 0.25) is 0 Å². The summed E-state index contributed by atoms with van der Waals surface area (Å²) in [6.07, 6.45) is -0.428. The molecule has 9 nitrogen and oxygen atoms in total. The van der Waals surface area contributed by atoms with Gasteiger partial charge < -0.3 is 9.05 Å². The van der Waals surface area contributed by atoms with Gasteiger partial charge >= 0.3 is 374 Å². The number of phenols is 2. The molecule has 0 aromatic heterocycles. The summed E-state index contributed by atoms with van der Waals surface area (Å²) in [6, 6.07) is 26.2. The van der Waals surface area contributed by atoms with Crippen LogP contribution in [-0.4, -0.2) is 10.2 Å². The van der Waals surface area contributed by atoms with Crippen molar-refractivity contribution in [2.75, 3.05) is 0 Å². The summed E-state index contributed by atoms with van der Waals surface area (Å²) >= 11 is 2.05. The average Bonchev–Trinajstić information content (AvgIpc) is 3.31. The van der Waals surface area contributed by atoms with Crippen molar-refractivity contribution in [1.29, 1.82) is 0 Å². The molecule has 0 aliphatic carbocycles. The zero-order chi connectivity index (χ0) is 47.7. The Morgan fingerprint density at radius 2 is 1.04 bits per heavy atom. The SMILES string of the molecule is Cc1ccc(C2Oc3c(c(C)c[c]([Mo])c3C3c4c(O)cc(O)c(C5c6c(OP)cc(OP)cc6OC(c6ccc(OP)c(OP)c6)C5C)c4OC(c4ccc(C)c(C)c4)C3C)CC2C)cc1C. The van der Waals surface area contributed by atoms with Crippen LogP contribution in [0.4, 0.5) is 0 Å². The number of hydrogen-bond donors (Lipinski definition) is 2. The molecule has 0 spiro atoms. The molecule has 14 heteroatoms. The second-order valence-electron chi connectivity index (χ2n) is 18.7. The van der Waals surface area contributed by atoms with Crippen molar-refractivity contribution in [3.05, 3.63) is 151 Å². The zero-order valence-electron chi connectivity index (χ0n) is 38.8. The molecule has 12 unspecified atom stereocenters. The molecule has 0 amide bonds. The van der Waals surface area contributed by atoms with Crippen molar-refractivity contribution in [1.82, 2.24) is 0 Å².